The fourth-order valence-corrected chi connectivity index (χ4v) is 1.78. The van der Waals surface area contributed by atoms with Crippen molar-refractivity contribution in [2.45, 2.75) is 13.5 Å². The number of hydrogen-bond acceptors (Lipinski definition) is 4. The lowest BCUT2D eigenvalue weighted by Gasteiger charge is -1.98. The maximum atomic E-state index is 5.29. The summed E-state index contributed by atoms with van der Waals surface area (Å²) in [6.45, 7) is 2.59. The Morgan fingerprint density at radius 2 is 2.17 bits per heavy atom. The predicted molar refractivity (Wildman–Crippen MR) is 65.8 cm³/mol. The van der Waals surface area contributed by atoms with Gasteiger partial charge in [0.1, 0.15) is 0 Å². The van der Waals surface area contributed by atoms with Crippen molar-refractivity contribution < 1.29 is 4.52 Å². The second-order valence-corrected chi connectivity index (χ2v) is 4.07. The lowest BCUT2D eigenvalue weighted by molar-refractivity contribution is 0.420. The standard InChI is InChI=1S/C13H12N4O/c1-10-4-2-3-5-11(10)13-15-12(16-18-13)8-17-7-6-14-9-17/h2-7,9H,8H2,1H3. The topological polar surface area (TPSA) is 56.7 Å². The second kappa shape index (κ2) is 4.44. The molecule has 1 aromatic carbocycles. The molecule has 5 heteroatoms. The number of aryl methyl sites for hydroxylation is 1. The molecular formula is C13H12N4O. The van der Waals surface area contributed by atoms with Crippen LogP contribution >= 0.6 is 0 Å². The van der Waals surface area contributed by atoms with Crippen molar-refractivity contribution in [1.29, 1.82) is 0 Å². The molecule has 0 unspecified atom stereocenters. The summed E-state index contributed by atoms with van der Waals surface area (Å²) in [6, 6.07) is 7.95. The van der Waals surface area contributed by atoms with Crippen LogP contribution in [0.3, 0.4) is 0 Å². The van der Waals surface area contributed by atoms with E-state index >= 15 is 0 Å². The molecule has 0 amide bonds. The second-order valence-electron chi connectivity index (χ2n) is 4.07. The third-order valence-electron chi connectivity index (χ3n) is 2.73. The van der Waals surface area contributed by atoms with Crippen molar-refractivity contribution in [1.82, 2.24) is 19.7 Å². The summed E-state index contributed by atoms with van der Waals surface area (Å²) in [5, 5.41) is 3.97. The number of benzene rings is 1. The largest absolute Gasteiger partial charge is 0.334 e. The van der Waals surface area contributed by atoms with Crippen LogP contribution in [0.25, 0.3) is 11.5 Å². The maximum absolute atomic E-state index is 5.29. The minimum atomic E-state index is 0.559. The molecule has 18 heavy (non-hydrogen) atoms. The minimum absolute atomic E-state index is 0.559. The summed E-state index contributed by atoms with van der Waals surface area (Å²) in [6.07, 6.45) is 5.32. The van der Waals surface area contributed by atoms with E-state index in [1.165, 1.54) is 0 Å². The highest BCUT2D eigenvalue weighted by atomic mass is 16.5. The average molecular weight is 240 g/mol. The molecule has 3 rings (SSSR count). The Morgan fingerprint density at radius 1 is 1.28 bits per heavy atom. The Labute approximate surface area is 104 Å². The molecule has 0 atom stereocenters. The third kappa shape index (κ3) is 2.02. The van der Waals surface area contributed by atoms with Gasteiger partial charge in [0.2, 0.25) is 0 Å². The Morgan fingerprint density at radius 3 is 2.94 bits per heavy atom. The van der Waals surface area contributed by atoms with Gasteiger partial charge in [-0.25, -0.2) is 4.98 Å². The molecule has 0 bridgehead atoms. The Kier molecular flexibility index (Phi) is 2.64. The molecule has 2 heterocycles. The monoisotopic (exact) mass is 240 g/mol. The first-order chi connectivity index (χ1) is 8.83. The average Bonchev–Trinajstić information content (AvgIpc) is 3.02. The number of hydrogen-bond donors (Lipinski definition) is 0. The zero-order valence-electron chi connectivity index (χ0n) is 9.95. The zero-order chi connectivity index (χ0) is 12.4. The molecule has 0 fully saturated rings. The normalized spacial score (nSPS) is 10.7. The van der Waals surface area contributed by atoms with Gasteiger partial charge in [-0.2, -0.15) is 4.98 Å². The maximum Gasteiger partial charge on any atom is 0.258 e. The van der Waals surface area contributed by atoms with Gasteiger partial charge in [0.05, 0.1) is 12.9 Å². The molecule has 0 saturated carbocycles. The van der Waals surface area contributed by atoms with Crippen LogP contribution < -0.4 is 0 Å². The molecule has 3 aromatic rings. The Hall–Kier alpha value is -2.43. The lowest BCUT2D eigenvalue weighted by atomic mass is 10.1. The van der Waals surface area contributed by atoms with Gasteiger partial charge in [-0.3, -0.25) is 0 Å². The molecule has 0 saturated heterocycles. The molecule has 5 nitrogen and oxygen atoms in total. The first-order valence-corrected chi connectivity index (χ1v) is 5.67. The van der Waals surface area contributed by atoms with E-state index < -0.39 is 0 Å². The summed E-state index contributed by atoms with van der Waals surface area (Å²) in [4.78, 5) is 8.36. The van der Waals surface area contributed by atoms with Crippen LogP contribution in [0.2, 0.25) is 0 Å². The molecule has 90 valence electrons. The molecular weight excluding hydrogens is 228 g/mol. The predicted octanol–water partition coefficient (Wildman–Crippen LogP) is 2.29. The highest BCUT2D eigenvalue weighted by Crippen LogP contribution is 2.20. The number of rotatable bonds is 3. The SMILES string of the molecule is Cc1ccccc1-c1nc(Cn2ccnc2)no1. The number of aromatic nitrogens is 4. The highest BCUT2D eigenvalue weighted by Gasteiger charge is 2.10. The minimum Gasteiger partial charge on any atom is -0.334 e. The van der Waals surface area contributed by atoms with Crippen molar-refractivity contribution in [2.24, 2.45) is 0 Å². The van der Waals surface area contributed by atoms with Crippen LogP contribution in [0.15, 0.2) is 47.5 Å². The van der Waals surface area contributed by atoms with Crippen LogP contribution in [0.1, 0.15) is 11.4 Å². The summed E-state index contributed by atoms with van der Waals surface area (Å²) in [5.41, 5.74) is 2.09. The van der Waals surface area contributed by atoms with Crippen molar-refractivity contribution in [2.75, 3.05) is 0 Å². The molecule has 0 N–H and O–H groups in total. The lowest BCUT2D eigenvalue weighted by Crippen LogP contribution is -1.98. The van der Waals surface area contributed by atoms with E-state index in [0.29, 0.717) is 18.3 Å². The van der Waals surface area contributed by atoms with Gasteiger partial charge < -0.3 is 9.09 Å². The van der Waals surface area contributed by atoms with E-state index in [4.69, 9.17) is 4.52 Å². The van der Waals surface area contributed by atoms with Crippen molar-refractivity contribution in [3.63, 3.8) is 0 Å². The van der Waals surface area contributed by atoms with E-state index in [1.54, 1.807) is 12.5 Å². The van der Waals surface area contributed by atoms with Gasteiger partial charge in [-0.15, -0.1) is 0 Å². The fraction of sp³-hybridized carbons (Fsp3) is 0.154. The summed E-state index contributed by atoms with van der Waals surface area (Å²) < 4.78 is 7.18. The molecule has 2 aromatic heterocycles. The molecule has 0 radical (unpaired) electrons. The number of imidazole rings is 1. The Balaban J connectivity index is 1.88. The fourth-order valence-electron chi connectivity index (χ4n) is 1.78. The van der Waals surface area contributed by atoms with Crippen LogP contribution in [0.4, 0.5) is 0 Å². The summed E-state index contributed by atoms with van der Waals surface area (Å²) in [7, 11) is 0. The third-order valence-corrected chi connectivity index (χ3v) is 2.73. The van der Waals surface area contributed by atoms with Gasteiger partial charge >= 0.3 is 0 Å². The first-order valence-electron chi connectivity index (χ1n) is 5.67. The van der Waals surface area contributed by atoms with E-state index in [0.717, 1.165) is 11.1 Å². The molecule has 0 spiro atoms. The molecule has 0 aliphatic heterocycles. The number of nitrogens with zero attached hydrogens (tertiary/aromatic N) is 4. The van der Waals surface area contributed by atoms with Crippen molar-refractivity contribution in [3.8, 4) is 11.5 Å². The van der Waals surface area contributed by atoms with Gasteiger partial charge in [0, 0.05) is 18.0 Å². The van der Waals surface area contributed by atoms with Crippen molar-refractivity contribution >= 4 is 0 Å². The molecule has 0 aliphatic rings. The zero-order valence-corrected chi connectivity index (χ0v) is 9.95. The van der Waals surface area contributed by atoms with Gasteiger partial charge in [0.25, 0.3) is 5.89 Å². The van der Waals surface area contributed by atoms with Crippen molar-refractivity contribution in [3.05, 3.63) is 54.4 Å². The quantitative estimate of drug-likeness (QED) is 0.704. The van der Waals surface area contributed by atoms with Crippen LogP contribution in [0.5, 0.6) is 0 Å². The van der Waals surface area contributed by atoms with Gasteiger partial charge in [-0.05, 0) is 18.6 Å². The van der Waals surface area contributed by atoms with Crippen LogP contribution in [-0.2, 0) is 6.54 Å². The smallest absolute Gasteiger partial charge is 0.258 e. The van der Waals surface area contributed by atoms with E-state index in [9.17, 15) is 0 Å². The van der Waals surface area contributed by atoms with E-state index in [1.807, 2.05) is 42.0 Å². The van der Waals surface area contributed by atoms with Crippen LogP contribution in [-0.4, -0.2) is 19.7 Å². The first kappa shape index (κ1) is 10.7. The van der Waals surface area contributed by atoms with Gasteiger partial charge in [0.15, 0.2) is 5.82 Å². The summed E-state index contributed by atoms with van der Waals surface area (Å²) in [5.74, 6) is 1.20. The van der Waals surface area contributed by atoms with E-state index in [2.05, 4.69) is 15.1 Å². The van der Waals surface area contributed by atoms with E-state index in [-0.39, 0.29) is 0 Å². The Bertz CT molecular complexity index is 643. The van der Waals surface area contributed by atoms with Gasteiger partial charge in [-0.1, -0.05) is 23.4 Å². The summed E-state index contributed by atoms with van der Waals surface area (Å²) >= 11 is 0. The highest BCUT2D eigenvalue weighted by molar-refractivity contribution is 5.57. The molecule has 0 aliphatic carbocycles. The van der Waals surface area contributed by atoms with Crippen LogP contribution in [0, 0.1) is 6.92 Å².